The highest BCUT2D eigenvalue weighted by Gasteiger charge is 2.24. The van der Waals surface area contributed by atoms with Crippen molar-refractivity contribution in [1.82, 2.24) is 4.57 Å². The van der Waals surface area contributed by atoms with E-state index in [-0.39, 0.29) is 36.1 Å². The van der Waals surface area contributed by atoms with Crippen LogP contribution in [-0.2, 0) is 22.4 Å². The minimum Gasteiger partial charge on any atom is -0.497 e. The van der Waals surface area contributed by atoms with Crippen molar-refractivity contribution >= 4 is 23.4 Å². The number of hydrogen-bond donors (Lipinski definition) is 0. The maximum absolute atomic E-state index is 13.9. The third-order valence-corrected chi connectivity index (χ3v) is 4.85. The zero-order valence-corrected chi connectivity index (χ0v) is 17.4. The summed E-state index contributed by atoms with van der Waals surface area (Å²) in [6.45, 7) is 1.87. The molecule has 1 aromatic heterocycles. The molecule has 0 bridgehead atoms. The Morgan fingerprint density at radius 3 is 2.33 bits per heavy atom. The van der Waals surface area contributed by atoms with Crippen LogP contribution in [0, 0.1) is 5.82 Å². The number of carbonyl (C=O) groups is 2. The molecular weight excluding hydrogens is 409 g/mol. The van der Waals surface area contributed by atoms with E-state index in [9.17, 15) is 14.0 Å². The van der Waals surface area contributed by atoms with Crippen molar-refractivity contribution in [2.75, 3.05) is 13.7 Å². The Bertz CT molecular complexity index is 1060. The quantitative estimate of drug-likeness (QED) is 0.482. The van der Waals surface area contributed by atoms with Crippen LogP contribution in [-0.4, -0.2) is 30.0 Å². The van der Waals surface area contributed by atoms with Crippen LogP contribution in [0.4, 0.5) is 4.39 Å². The third kappa shape index (κ3) is 4.71. The highest BCUT2D eigenvalue weighted by Crippen LogP contribution is 2.28. The number of ketones is 1. The topological polar surface area (TPSA) is 57.5 Å². The molecule has 2 aromatic carbocycles. The molecule has 0 fully saturated rings. The first kappa shape index (κ1) is 21.6. The number of esters is 1. The molecule has 5 nitrogen and oxygen atoms in total. The molecule has 0 saturated heterocycles. The average Bonchev–Trinajstić information content (AvgIpc) is 3.05. The number of ether oxygens (including phenoxy) is 2. The molecule has 3 rings (SSSR count). The van der Waals surface area contributed by atoms with E-state index in [1.54, 1.807) is 62.6 Å². The predicted octanol–water partition coefficient (Wildman–Crippen LogP) is 4.81. The summed E-state index contributed by atoms with van der Waals surface area (Å²) in [5.41, 5.74) is 1.53. The number of rotatable bonds is 8. The Balaban J connectivity index is 1.96. The van der Waals surface area contributed by atoms with E-state index in [1.165, 1.54) is 10.6 Å². The van der Waals surface area contributed by atoms with Crippen molar-refractivity contribution in [2.24, 2.45) is 0 Å². The molecule has 3 aromatic rings. The van der Waals surface area contributed by atoms with Crippen LogP contribution in [0.2, 0.25) is 5.15 Å². The standard InChI is InChI=1S/C23H21ClFNO4/c1-3-30-23(28)22-16(13-18(27)12-15-6-4-5-7-20(15)25)14-21(24)26(22)17-8-10-19(29-2)11-9-17/h4-11,14H,3,12-13H2,1-2H3. The van der Waals surface area contributed by atoms with Gasteiger partial charge in [0.2, 0.25) is 0 Å². The fraction of sp³-hybridized carbons (Fsp3) is 0.217. The molecule has 1 heterocycles. The number of halogens is 2. The van der Waals surface area contributed by atoms with Crippen molar-refractivity contribution in [3.63, 3.8) is 0 Å². The van der Waals surface area contributed by atoms with E-state index < -0.39 is 11.8 Å². The lowest BCUT2D eigenvalue weighted by Gasteiger charge is -2.12. The minimum absolute atomic E-state index is 0.0780. The zero-order valence-electron chi connectivity index (χ0n) is 16.7. The second kappa shape index (κ2) is 9.59. The lowest BCUT2D eigenvalue weighted by Crippen LogP contribution is -2.16. The Labute approximate surface area is 179 Å². The monoisotopic (exact) mass is 429 g/mol. The van der Waals surface area contributed by atoms with Gasteiger partial charge in [0.25, 0.3) is 0 Å². The SMILES string of the molecule is CCOC(=O)c1c(CC(=O)Cc2ccccc2F)cc(Cl)n1-c1ccc(OC)cc1. The van der Waals surface area contributed by atoms with Crippen molar-refractivity contribution in [3.05, 3.63) is 82.4 Å². The maximum Gasteiger partial charge on any atom is 0.355 e. The first-order chi connectivity index (χ1) is 14.4. The fourth-order valence-corrected chi connectivity index (χ4v) is 3.51. The fourth-order valence-electron chi connectivity index (χ4n) is 3.20. The normalized spacial score (nSPS) is 10.7. The summed E-state index contributed by atoms with van der Waals surface area (Å²) in [5, 5.41) is 0.261. The third-order valence-electron chi connectivity index (χ3n) is 4.57. The van der Waals surface area contributed by atoms with Crippen LogP contribution in [0.15, 0.2) is 54.6 Å². The van der Waals surface area contributed by atoms with E-state index in [2.05, 4.69) is 0 Å². The van der Waals surface area contributed by atoms with Crippen molar-refractivity contribution in [1.29, 1.82) is 0 Å². The predicted molar refractivity (Wildman–Crippen MR) is 112 cm³/mol. The van der Waals surface area contributed by atoms with E-state index >= 15 is 0 Å². The van der Waals surface area contributed by atoms with E-state index in [1.807, 2.05) is 0 Å². The Kier molecular flexibility index (Phi) is 6.90. The van der Waals surface area contributed by atoms with Gasteiger partial charge in [-0.25, -0.2) is 9.18 Å². The lowest BCUT2D eigenvalue weighted by molar-refractivity contribution is -0.117. The Hall–Kier alpha value is -3.12. The molecule has 0 unspecified atom stereocenters. The smallest absolute Gasteiger partial charge is 0.355 e. The van der Waals surface area contributed by atoms with Gasteiger partial charge in [0.05, 0.1) is 13.7 Å². The number of aromatic nitrogens is 1. The molecular formula is C23H21ClFNO4. The van der Waals surface area contributed by atoms with E-state index in [0.717, 1.165) is 0 Å². The summed E-state index contributed by atoms with van der Waals surface area (Å²) in [6.07, 6.45) is -0.161. The van der Waals surface area contributed by atoms with Gasteiger partial charge in [-0.1, -0.05) is 29.8 Å². The number of Topliss-reactive ketones (excluding diaryl/α,β-unsaturated/α-hetero) is 1. The molecule has 0 spiro atoms. The lowest BCUT2D eigenvalue weighted by atomic mass is 10.0. The average molecular weight is 430 g/mol. The molecule has 0 aliphatic carbocycles. The van der Waals surface area contributed by atoms with Crippen LogP contribution >= 0.6 is 11.6 Å². The second-order valence-electron chi connectivity index (χ2n) is 6.58. The van der Waals surface area contributed by atoms with Gasteiger partial charge in [0.1, 0.15) is 28.2 Å². The zero-order chi connectivity index (χ0) is 21.7. The van der Waals surface area contributed by atoms with Crippen LogP contribution in [0.25, 0.3) is 5.69 Å². The molecule has 0 N–H and O–H groups in total. The van der Waals surface area contributed by atoms with Gasteiger partial charge in [-0.3, -0.25) is 9.36 Å². The summed E-state index contributed by atoms with van der Waals surface area (Å²) < 4.78 is 25.8. The molecule has 30 heavy (non-hydrogen) atoms. The van der Waals surface area contributed by atoms with Crippen LogP contribution in [0.3, 0.4) is 0 Å². The molecule has 0 aliphatic heterocycles. The van der Waals surface area contributed by atoms with Crippen molar-refractivity contribution in [3.8, 4) is 11.4 Å². The van der Waals surface area contributed by atoms with Gasteiger partial charge in [-0.05, 0) is 54.4 Å². The summed E-state index contributed by atoms with van der Waals surface area (Å²) in [6, 6.07) is 14.7. The number of methoxy groups -OCH3 is 1. The van der Waals surface area contributed by atoms with Crippen LogP contribution < -0.4 is 4.74 Å². The van der Waals surface area contributed by atoms with Crippen LogP contribution in [0.1, 0.15) is 28.5 Å². The van der Waals surface area contributed by atoms with Gasteiger partial charge in [-0.15, -0.1) is 0 Å². The second-order valence-corrected chi connectivity index (χ2v) is 6.97. The van der Waals surface area contributed by atoms with Crippen molar-refractivity contribution in [2.45, 2.75) is 19.8 Å². The highest BCUT2D eigenvalue weighted by atomic mass is 35.5. The van der Waals surface area contributed by atoms with Gasteiger partial charge in [-0.2, -0.15) is 0 Å². The van der Waals surface area contributed by atoms with E-state index in [0.29, 0.717) is 22.6 Å². The summed E-state index contributed by atoms with van der Waals surface area (Å²) in [4.78, 5) is 25.3. The maximum atomic E-state index is 13.9. The number of carbonyl (C=O) groups excluding carboxylic acids is 2. The summed E-state index contributed by atoms with van der Waals surface area (Å²) >= 11 is 6.42. The van der Waals surface area contributed by atoms with Gasteiger partial charge < -0.3 is 9.47 Å². The number of hydrogen-bond acceptors (Lipinski definition) is 4. The minimum atomic E-state index is -0.589. The first-order valence-corrected chi connectivity index (χ1v) is 9.79. The van der Waals surface area contributed by atoms with Gasteiger partial charge in [0, 0.05) is 18.5 Å². The van der Waals surface area contributed by atoms with Gasteiger partial charge in [0.15, 0.2) is 0 Å². The highest BCUT2D eigenvalue weighted by molar-refractivity contribution is 6.30. The number of benzene rings is 2. The van der Waals surface area contributed by atoms with Crippen LogP contribution in [0.5, 0.6) is 5.75 Å². The molecule has 156 valence electrons. The first-order valence-electron chi connectivity index (χ1n) is 9.41. The molecule has 0 aliphatic rings. The summed E-state index contributed by atoms with van der Waals surface area (Å²) in [7, 11) is 1.56. The molecule has 0 amide bonds. The molecule has 0 atom stereocenters. The van der Waals surface area contributed by atoms with Gasteiger partial charge >= 0.3 is 5.97 Å². The Morgan fingerprint density at radius 1 is 1.03 bits per heavy atom. The number of nitrogens with zero attached hydrogens (tertiary/aromatic N) is 1. The summed E-state index contributed by atoms with van der Waals surface area (Å²) in [5.74, 6) is -0.617. The molecule has 0 radical (unpaired) electrons. The van der Waals surface area contributed by atoms with Crippen molar-refractivity contribution < 1.29 is 23.5 Å². The van der Waals surface area contributed by atoms with E-state index in [4.69, 9.17) is 21.1 Å². The largest absolute Gasteiger partial charge is 0.497 e. The Morgan fingerprint density at radius 2 is 1.70 bits per heavy atom. The molecule has 0 saturated carbocycles. The molecule has 7 heteroatoms.